The molecule has 7 nitrogen and oxygen atoms in total. The van der Waals surface area contributed by atoms with Gasteiger partial charge in [-0.1, -0.05) is 6.07 Å². The molecule has 0 spiro atoms. The second-order valence-corrected chi connectivity index (χ2v) is 6.10. The van der Waals surface area contributed by atoms with E-state index in [-0.39, 0.29) is 12.1 Å². The van der Waals surface area contributed by atoms with Crippen LogP contribution in [0.25, 0.3) is 0 Å². The summed E-state index contributed by atoms with van der Waals surface area (Å²) in [5, 5.41) is 0. The highest BCUT2D eigenvalue weighted by Crippen LogP contribution is 2.22. The van der Waals surface area contributed by atoms with Crippen molar-refractivity contribution in [2.45, 2.75) is 19.1 Å². The summed E-state index contributed by atoms with van der Waals surface area (Å²) < 4.78 is 0. The van der Waals surface area contributed by atoms with Crippen LogP contribution in [-0.4, -0.2) is 67.9 Å². The number of nitrogens with one attached hydrogen (secondary N) is 1. The van der Waals surface area contributed by atoms with Gasteiger partial charge >= 0.3 is 6.03 Å². The molecule has 1 atom stereocenters. The monoisotopic (exact) mass is 312 g/mol. The highest BCUT2D eigenvalue weighted by atomic mass is 16.2. The van der Waals surface area contributed by atoms with E-state index >= 15 is 0 Å². The summed E-state index contributed by atoms with van der Waals surface area (Å²) in [6.07, 6.45) is 5.40. The van der Waals surface area contributed by atoms with Gasteiger partial charge in [-0.3, -0.25) is 9.88 Å². The Hall–Kier alpha value is -2.41. The number of piperazine rings is 1. The maximum Gasteiger partial charge on any atom is 0.320 e. The van der Waals surface area contributed by atoms with E-state index in [0.717, 1.165) is 44.2 Å². The summed E-state index contributed by atoms with van der Waals surface area (Å²) in [7, 11) is 0. The first-order chi connectivity index (χ1) is 11.3. The number of hydrogen-bond donors (Lipinski definition) is 1. The summed E-state index contributed by atoms with van der Waals surface area (Å²) >= 11 is 0. The van der Waals surface area contributed by atoms with Gasteiger partial charge in [0.15, 0.2) is 0 Å². The second kappa shape index (κ2) is 6.00. The third-order valence-electron chi connectivity index (χ3n) is 4.52. The first-order valence-electron chi connectivity index (χ1n) is 7.95. The lowest BCUT2D eigenvalue weighted by molar-refractivity contribution is 0.114. The van der Waals surface area contributed by atoms with Gasteiger partial charge in [0.25, 0.3) is 0 Å². The van der Waals surface area contributed by atoms with Crippen molar-refractivity contribution in [3.05, 3.63) is 48.3 Å². The van der Waals surface area contributed by atoms with Crippen LogP contribution >= 0.6 is 0 Å². The van der Waals surface area contributed by atoms with Gasteiger partial charge in [-0.05, 0) is 12.1 Å². The fraction of sp³-hybridized carbons (Fsp3) is 0.438. The molecule has 2 amide bonds. The average Bonchev–Trinajstić information content (AvgIpc) is 3.17. The highest BCUT2D eigenvalue weighted by molar-refractivity contribution is 5.77. The average molecular weight is 312 g/mol. The zero-order chi connectivity index (χ0) is 15.6. The Morgan fingerprint density at radius 3 is 2.87 bits per heavy atom. The summed E-state index contributed by atoms with van der Waals surface area (Å²) in [5.74, 6) is 0.980. The number of carbonyl (C=O) groups is 1. The first kappa shape index (κ1) is 14.2. The van der Waals surface area contributed by atoms with Gasteiger partial charge in [-0.2, -0.15) is 0 Å². The quantitative estimate of drug-likeness (QED) is 0.912. The van der Waals surface area contributed by atoms with E-state index in [1.807, 2.05) is 34.2 Å². The van der Waals surface area contributed by atoms with Gasteiger partial charge in [0, 0.05) is 44.8 Å². The summed E-state index contributed by atoms with van der Waals surface area (Å²) in [4.78, 5) is 30.6. The SMILES string of the molecule is O=C1N(Cc2ccccn2)C[C@H]2CN(Cc3ncc[nH]3)CCN12. The highest BCUT2D eigenvalue weighted by Gasteiger charge is 2.40. The Morgan fingerprint density at radius 2 is 2.09 bits per heavy atom. The van der Waals surface area contributed by atoms with Gasteiger partial charge in [-0.25, -0.2) is 9.78 Å². The van der Waals surface area contributed by atoms with Crippen molar-refractivity contribution >= 4 is 6.03 Å². The molecule has 2 saturated heterocycles. The van der Waals surface area contributed by atoms with Gasteiger partial charge in [0.2, 0.25) is 0 Å². The molecule has 4 rings (SSSR count). The lowest BCUT2D eigenvalue weighted by Gasteiger charge is -2.35. The number of aromatic nitrogens is 3. The minimum absolute atomic E-state index is 0.137. The third-order valence-corrected chi connectivity index (χ3v) is 4.52. The van der Waals surface area contributed by atoms with Crippen LogP contribution in [-0.2, 0) is 13.1 Å². The summed E-state index contributed by atoms with van der Waals surface area (Å²) in [5.41, 5.74) is 0.938. The van der Waals surface area contributed by atoms with Crippen LogP contribution in [0.2, 0.25) is 0 Å². The molecular formula is C16H20N6O. The number of rotatable bonds is 4. The lowest BCUT2D eigenvalue weighted by Crippen LogP contribution is -2.51. The molecule has 4 heterocycles. The van der Waals surface area contributed by atoms with E-state index in [1.54, 1.807) is 12.4 Å². The van der Waals surface area contributed by atoms with Crippen LogP contribution in [0.4, 0.5) is 4.79 Å². The number of imidazole rings is 1. The minimum Gasteiger partial charge on any atom is -0.348 e. The molecule has 2 fully saturated rings. The van der Waals surface area contributed by atoms with E-state index < -0.39 is 0 Å². The standard InChI is InChI=1S/C16H20N6O/c23-16-21(9-13-3-1-2-4-17-13)11-14-10-20(7-8-22(14)16)12-15-18-5-6-19-15/h1-6,14H,7-12H2,(H,18,19)/t14-/m1/s1. The van der Waals surface area contributed by atoms with Crippen LogP contribution in [0.15, 0.2) is 36.8 Å². The van der Waals surface area contributed by atoms with E-state index in [9.17, 15) is 4.79 Å². The van der Waals surface area contributed by atoms with Gasteiger partial charge < -0.3 is 14.8 Å². The molecule has 120 valence electrons. The molecule has 7 heteroatoms. The van der Waals surface area contributed by atoms with Gasteiger partial charge in [-0.15, -0.1) is 0 Å². The topological polar surface area (TPSA) is 68.4 Å². The Balaban J connectivity index is 1.39. The molecular weight excluding hydrogens is 292 g/mol. The third kappa shape index (κ3) is 2.92. The van der Waals surface area contributed by atoms with Crippen molar-refractivity contribution in [3.8, 4) is 0 Å². The van der Waals surface area contributed by atoms with Crippen LogP contribution < -0.4 is 0 Å². The van der Waals surface area contributed by atoms with E-state index in [1.165, 1.54) is 0 Å². The lowest BCUT2D eigenvalue weighted by atomic mass is 10.2. The predicted molar refractivity (Wildman–Crippen MR) is 84.4 cm³/mol. The molecule has 2 aromatic rings. The molecule has 2 aliphatic rings. The molecule has 0 aromatic carbocycles. The smallest absolute Gasteiger partial charge is 0.320 e. The Kier molecular flexibility index (Phi) is 3.70. The molecule has 0 aliphatic carbocycles. The van der Waals surface area contributed by atoms with Crippen molar-refractivity contribution in [2.24, 2.45) is 0 Å². The fourth-order valence-corrected chi connectivity index (χ4v) is 3.40. The molecule has 2 aliphatic heterocycles. The number of pyridine rings is 1. The predicted octanol–water partition coefficient (Wildman–Crippen LogP) is 0.927. The normalized spacial score (nSPS) is 21.7. The van der Waals surface area contributed by atoms with Crippen molar-refractivity contribution in [2.75, 3.05) is 26.2 Å². The molecule has 0 bridgehead atoms. The molecule has 2 aromatic heterocycles. The molecule has 1 N–H and O–H groups in total. The molecule has 0 saturated carbocycles. The van der Waals surface area contributed by atoms with Crippen molar-refractivity contribution < 1.29 is 4.79 Å². The maximum atomic E-state index is 12.6. The zero-order valence-corrected chi connectivity index (χ0v) is 12.9. The van der Waals surface area contributed by atoms with Crippen LogP contribution in [0.3, 0.4) is 0 Å². The number of carbonyl (C=O) groups excluding carboxylic acids is 1. The number of amides is 2. The Bertz CT molecular complexity index is 658. The summed E-state index contributed by atoms with van der Waals surface area (Å²) in [6.45, 7) is 4.73. The van der Waals surface area contributed by atoms with Crippen molar-refractivity contribution in [1.29, 1.82) is 0 Å². The van der Waals surface area contributed by atoms with Crippen LogP contribution in [0, 0.1) is 0 Å². The van der Waals surface area contributed by atoms with Crippen LogP contribution in [0.1, 0.15) is 11.5 Å². The molecule has 0 radical (unpaired) electrons. The van der Waals surface area contributed by atoms with Crippen molar-refractivity contribution in [3.63, 3.8) is 0 Å². The molecule has 0 unspecified atom stereocenters. The number of fused-ring (bicyclic) bond motifs is 1. The van der Waals surface area contributed by atoms with Crippen LogP contribution in [0.5, 0.6) is 0 Å². The Labute approximate surface area is 134 Å². The number of nitrogens with zero attached hydrogens (tertiary/aromatic N) is 5. The van der Waals surface area contributed by atoms with Gasteiger partial charge in [0.05, 0.1) is 24.8 Å². The molecule has 23 heavy (non-hydrogen) atoms. The van der Waals surface area contributed by atoms with Crippen molar-refractivity contribution in [1.82, 2.24) is 29.7 Å². The zero-order valence-electron chi connectivity index (χ0n) is 12.9. The van der Waals surface area contributed by atoms with E-state index in [2.05, 4.69) is 19.9 Å². The van der Waals surface area contributed by atoms with E-state index in [0.29, 0.717) is 6.54 Å². The Morgan fingerprint density at radius 1 is 1.13 bits per heavy atom. The van der Waals surface area contributed by atoms with Gasteiger partial charge in [0.1, 0.15) is 5.82 Å². The number of urea groups is 1. The maximum absolute atomic E-state index is 12.6. The number of aromatic amines is 1. The largest absolute Gasteiger partial charge is 0.348 e. The second-order valence-electron chi connectivity index (χ2n) is 6.10. The first-order valence-corrected chi connectivity index (χ1v) is 7.95. The number of hydrogen-bond acceptors (Lipinski definition) is 4. The summed E-state index contributed by atoms with van der Waals surface area (Å²) in [6, 6.07) is 6.22. The number of H-pyrrole nitrogens is 1. The fourth-order valence-electron chi connectivity index (χ4n) is 3.40. The minimum atomic E-state index is 0.137. The van der Waals surface area contributed by atoms with E-state index in [4.69, 9.17) is 0 Å².